The number of carbonyl (C=O) groups excluding carboxylic acids is 1. The lowest BCUT2D eigenvalue weighted by atomic mass is 10.0. The van der Waals surface area contributed by atoms with E-state index in [0.29, 0.717) is 13.2 Å². The number of carbonyl (C=O) groups is 1. The third-order valence-corrected chi connectivity index (χ3v) is 4.55. The van der Waals surface area contributed by atoms with Gasteiger partial charge in [-0.05, 0) is 43.1 Å². The zero-order valence-electron chi connectivity index (χ0n) is 14.8. The van der Waals surface area contributed by atoms with Crippen molar-refractivity contribution in [3.63, 3.8) is 0 Å². The maximum absolute atomic E-state index is 12.1. The molecule has 2 aliphatic rings. The van der Waals surface area contributed by atoms with Crippen molar-refractivity contribution < 1.29 is 19.0 Å². The molecule has 1 aromatic carbocycles. The smallest absolute Gasteiger partial charge is 0.315 e. The molecule has 0 bridgehead atoms. The first-order chi connectivity index (χ1) is 12.2. The Hall–Kier alpha value is -1.99. The highest BCUT2D eigenvalue weighted by Crippen LogP contribution is 2.28. The Kier molecular flexibility index (Phi) is 6.36. The first-order valence-corrected chi connectivity index (χ1v) is 8.89. The number of amides is 2. The molecule has 25 heavy (non-hydrogen) atoms. The number of methoxy groups -OCH3 is 1. The van der Waals surface area contributed by atoms with E-state index in [1.165, 1.54) is 0 Å². The standard InChI is InChI=1S/C18H27N3O4/c1-23-16-3-4-17-14(12-16)11-15(13-25-17)20-18(22)19-5-2-6-21-7-9-24-10-8-21/h3-4,12,15H,2,5-11,13H2,1H3,(H2,19,20,22)/t15-/m1/s1. The van der Waals surface area contributed by atoms with Gasteiger partial charge in [0.05, 0.1) is 26.4 Å². The number of urea groups is 1. The molecule has 0 spiro atoms. The van der Waals surface area contributed by atoms with Gasteiger partial charge in [-0.15, -0.1) is 0 Å². The summed E-state index contributed by atoms with van der Waals surface area (Å²) in [6.45, 7) is 5.72. The van der Waals surface area contributed by atoms with Crippen LogP contribution in [0.5, 0.6) is 11.5 Å². The third-order valence-electron chi connectivity index (χ3n) is 4.55. The molecule has 2 amide bonds. The number of nitrogens with zero attached hydrogens (tertiary/aromatic N) is 1. The molecule has 1 fully saturated rings. The Morgan fingerprint density at radius 2 is 2.20 bits per heavy atom. The lowest BCUT2D eigenvalue weighted by Gasteiger charge is -2.27. The van der Waals surface area contributed by atoms with E-state index in [9.17, 15) is 4.79 Å². The molecule has 3 rings (SSSR count). The Morgan fingerprint density at radius 3 is 3.00 bits per heavy atom. The average molecular weight is 349 g/mol. The van der Waals surface area contributed by atoms with Gasteiger partial charge in [-0.1, -0.05) is 0 Å². The molecule has 0 aliphatic carbocycles. The average Bonchev–Trinajstić information content (AvgIpc) is 2.65. The topological polar surface area (TPSA) is 72.1 Å². The number of morpholine rings is 1. The van der Waals surface area contributed by atoms with Crippen molar-refractivity contribution in [1.29, 1.82) is 0 Å². The number of rotatable bonds is 6. The Balaban J connectivity index is 1.36. The van der Waals surface area contributed by atoms with E-state index in [-0.39, 0.29) is 12.1 Å². The fraction of sp³-hybridized carbons (Fsp3) is 0.611. The summed E-state index contributed by atoms with van der Waals surface area (Å²) in [5.41, 5.74) is 1.06. The van der Waals surface area contributed by atoms with E-state index in [4.69, 9.17) is 14.2 Å². The summed E-state index contributed by atoms with van der Waals surface area (Å²) in [7, 11) is 1.64. The van der Waals surface area contributed by atoms with Crippen LogP contribution in [0.4, 0.5) is 4.79 Å². The van der Waals surface area contributed by atoms with Crippen molar-refractivity contribution in [2.45, 2.75) is 18.9 Å². The second-order valence-corrected chi connectivity index (χ2v) is 6.39. The summed E-state index contributed by atoms with van der Waals surface area (Å²) in [6.07, 6.45) is 1.68. The van der Waals surface area contributed by atoms with Gasteiger partial charge in [-0.25, -0.2) is 4.79 Å². The maximum atomic E-state index is 12.1. The number of hydrogen-bond acceptors (Lipinski definition) is 5. The summed E-state index contributed by atoms with van der Waals surface area (Å²) >= 11 is 0. The molecule has 7 nitrogen and oxygen atoms in total. The monoisotopic (exact) mass is 349 g/mol. The minimum absolute atomic E-state index is 0.0288. The second-order valence-electron chi connectivity index (χ2n) is 6.39. The van der Waals surface area contributed by atoms with E-state index in [1.807, 2.05) is 18.2 Å². The van der Waals surface area contributed by atoms with Crippen LogP contribution in [0.3, 0.4) is 0 Å². The van der Waals surface area contributed by atoms with Crippen LogP contribution in [0.15, 0.2) is 18.2 Å². The van der Waals surface area contributed by atoms with Crippen molar-refractivity contribution in [2.24, 2.45) is 0 Å². The Morgan fingerprint density at radius 1 is 1.36 bits per heavy atom. The van der Waals surface area contributed by atoms with Crippen LogP contribution in [-0.2, 0) is 11.2 Å². The first-order valence-electron chi connectivity index (χ1n) is 8.89. The molecule has 1 aromatic rings. The second kappa shape index (κ2) is 8.92. The number of nitrogens with one attached hydrogen (secondary N) is 2. The highest BCUT2D eigenvalue weighted by Gasteiger charge is 2.21. The lowest BCUT2D eigenvalue weighted by molar-refractivity contribution is 0.0375. The molecule has 0 aromatic heterocycles. The Bertz CT molecular complexity index is 575. The molecule has 2 heterocycles. The third kappa shape index (κ3) is 5.24. The SMILES string of the molecule is COc1ccc2c(c1)C[C@@H](NC(=O)NCCCN1CCOCC1)CO2. The van der Waals surface area contributed by atoms with Crippen LogP contribution in [0.25, 0.3) is 0 Å². The van der Waals surface area contributed by atoms with Gasteiger partial charge in [-0.2, -0.15) is 0 Å². The molecular weight excluding hydrogens is 322 g/mol. The van der Waals surface area contributed by atoms with Gasteiger partial charge in [0.15, 0.2) is 0 Å². The number of ether oxygens (including phenoxy) is 3. The van der Waals surface area contributed by atoms with Crippen molar-refractivity contribution >= 4 is 6.03 Å². The normalized spacial score (nSPS) is 20.3. The highest BCUT2D eigenvalue weighted by molar-refractivity contribution is 5.74. The number of benzene rings is 1. The minimum atomic E-state index is -0.137. The van der Waals surface area contributed by atoms with Gasteiger partial charge in [0, 0.05) is 19.6 Å². The molecule has 2 aliphatic heterocycles. The van der Waals surface area contributed by atoms with Crippen LogP contribution in [0, 0.1) is 0 Å². The fourth-order valence-electron chi connectivity index (χ4n) is 3.16. The molecular formula is C18H27N3O4. The van der Waals surface area contributed by atoms with Crippen molar-refractivity contribution in [2.75, 3.05) is 53.1 Å². The van der Waals surface area contributed by atoms with E-state index in [1.54, 1.807) is 7.11 Å². The summed E-state index contributed by atoms with van der Waals surface area (Å²) < 4.78 is 16.3. The highest BCUT2D eigenvalue weighted by atomic mass is 16.5. The van der Waals surface area contributed by atoms with Gasteiger partial charge in [-0.3, -0.25) is 4.90 Å². The molecule has 138 valence electrons. The molecule has 0 unspecified atom stereocenters. The molecule has 1 saturated heterocycles. The van der Waals surface area contributed by atoms with E-state index in [0.717, 1.165) is 62.8 Å². The van der Waals surface area contributed by atoms with Crippen LogP contribution in [0.2, 0.25) is 0 Å². The number of hydrogen-bond donors (Lipinski definition) is 2. The van der Waals surface area contributed by atoms with Gasteiger partial charge < -0.3 is 24.8 Å². The zero-order chi connectivity index (χ0) is 17.5. The fourth-order valence-corrected chi connectivity index (χ4v) is 3.16. The quantitative estimate of drug-likeness (QED) is 0.751. The number of fused-ring (bicyclic) bond motifs is 1. The summed E-state index contributed by atoms with van der Waals surface area (Å²) in [5.74, 6) is 1.67. The maximum Gasteiger partial charge on any atom is 0.315 e. The minimum Gasteiger partial charge on any atom is -0.497 e. The molecule has 0 radical (unpaired) electrons. The molecule has 2 N–H and O–H groups in total. The summed E-state index contributed by atoms with van der Waals surface area (Å²) in [6, 6.07) is 5.59. The van der Waals surface area contributed by atoms with Crippen molar-refractivity contribution in [3.8, 4) is 11.5 Å². The van der Waals surface area contributed by atoms with Gasteiger partial charge in [0.25, 0.3) is 0 Å². The molecule has 1 atom stereocenters. The molecule has 0 saturated carbocycles. The van der Waals surface area contributed by atoms with Gasteiger partial charge in [0.2, 0.25) is 0 Å². The Labute approximate surface area is 148 Å². The van der Waals surface area contributed by atoms with Crippen LogP contribution in [0.1, 0.15) is 12.0 Å². The van der Waals surface area contributed by atoms with E-state index >= 15 is 0 Å². The van der Waals surface area contributed by atoms with E-state index in [2.05, 4.69) is 15.5 Å². The lowest BCUT2D eigenvalue weighted by Crippen LogP contribution is -2.47. The largest absolute Gasteiger partial charge is 0.497 e. The zero-order valence-corrected chi connectivity index (χ0v) is 14.8. The van der Waals surface area contributed by atoms with Crippen LogP contribution in [-0.4, -0.2) is 70.1 Å². The first kappa shape index (κ1) is 17.8. The van der Waals surface area contributed by atoms with Crippen molar-refractivity contribution in [3.05, 3.63) is 23.8 Å². The predicted octanol–water partition coefficient (Wildman–Crippen LogP) is 1.02. The molecule has 7 heteroatoms. The van der Waals surface area contributed by atoms with Crippen LogP contribution >= 0.6 is 0 Å². The van der Waals surface area contributed by atoms with Crippen LogP contribution < -0.4 is 20.1 Å². The van der Waals surface area contributed by atoms with Crippen molar-refractivity contribution in [1.82, 2.24) is 15.5 Å². The predicted molar refractivity (Wildman–Crippen MR) is 94.4 cm³/mol. The van der Waals surface area contributed by atoms with E-state index < -0.39 is 0 Å². The summed E-state index contributed by atoms with van der Waals surface area (Å²) in [5, 5.41) is 5.91. The summed E-state index contributed by atoms with van der Waals surface area (Å²) in [4.78, 5) is 14.4. The van der Waals surface area contributed by atoms with Gasteiger partial charge >= 0.3 is 6.03 Å². The van der Waals surface area contributed by atoms with Gasteiger partial charge in [0.1, 0.15) is 18.1 Å².